The van der Waals surface area contributed by atoms with Gasteiger partial charge in [0.25, 0.3) is 5.91 Å². The monoisotopic (exact) mass is 362 g/mol. The molecule has 2 aromatic rings. The number of hydrogen-bond acceptors (Lipinski definition) is 3. The first kappa shape index (κ1) is 18.9. The van der Waals surface area contributed by atoms with E-state index in [1.165, 1.54) is 11.1 Å². The van der Waals surface area contributed by atoms with E-state index < -0.39 is 0 Å². The fraction of sp³-hybridized carbons (Fsp3) is 0.304. The lowest BCUT2D eigenvalue weighted by Crippen LogP contribution is -2.24. The minimum Gasteiger partial charge on any atom is -0.496 e. The van der Waals surface area contributed by atoms with Crippen LogP contribution in [0.4, 0.5) is 0 Å². The Labute approximate surface area is 161 Å². The van der Waals surface area contributed by atoms with E-state index >= 15 is 0 Å². The Morgan fingerprint density at radius 2 is 1.81 bits per heavy atom. The van der Waals surface area contributed by atoms with Crippen molar-refractivity contribution in [3.05, 3.63) is 70.4 Å². The number of aliphatic imine (C=N–C) groups is 1. The minimum absolute atomic E-state index is 0.0885. The van der Waals surface area contributed by atoms with Crippen molar-refractivity contribution in [1.29, 1.82) is 0 Å². The molecular formula is C23H26N2O2. The number of carbonyl (C=O) groups excluding carboxylic acids is 1. The highest BCUT2D eigenvalue weighted by Gasteiger charge is 2.22. The molecule has 2 aromatic carbocycles. The van der Waals surface area contributed by atoms with E-state index in [2.05, 4.69) is 50.1 Å². The van der Waals surface area contributed by atoms with Crippen molar-refractivity contribution < 1.29 is 9.53 Å². The van der Waals surface area contributed by atoms with Crippen LogP contribution in [-0.4, -0.2) is 18.9 Å². The third-order valence-electron chi connectivity index (χ3n) is 4.72. The SMILES string of the molecule is CCc1ccc(OC)c(/C=C2/N=C(c3ccc(C(C)(C)C)cc3)NC2=O)c1. The van der Waals surface area contributed by atoms with E-state index in [0.29, 0.717) is 11.5 Å². The number of amides is 1. The zero-order valence-corrected chi connectivity index (χ0v) is 16.6. The number of hydrogen-bond donors (Lipinski definition) is 1. The molecule has 0 aliphatic carbocycles. The van der Waals surface area contributed by atoms with E-state index in [-0.39, 0.29) is 11.3 Å². The number of aryl methyl sites for hydroxylation is 1. The zero-order chi connectivity index (χ0) is 19.6. The van der Waals surface area contributed by atoms with Gasteiger partial charge in [0.15, 0.2) is 0 Å². The molecule has 0 atom stereocenters. The standard InChI is InChI=1S/C23H26N2O2/c1-6-15-7-12-20(27-5)17(13-15)14-19-22(26)25-21(24-19)16-8-10-18(11-9-16)23(2,3)4/h7-14H,6H2,1-5H3,(H,24,25,26)/b19-14+. The maximum absolute atomic E-state index is 12.4. The first-order chi connectivity index (χ1) is 12.8. The Morgan fingerprint density at radius 1 is 1.11 bits per heavy atom. The molecule has 4 heteroatoms. The van der Waals surface area contributed by atoms with Crippen LogP contribution in [0.25, 0.3) is 6.08 Å². The van der Waals surface area contributed by atoms with Crippen molar-refractivity contribution in [2.24, 2.45) is 4.99 Å². The summed E-state index contributed by atoms with van der Waals surface area (Å²) in [6.45, 7) is 8.62. The fourth-order valence-electron chi connectivity index (χ4n) is 3.00. The molecule has 27 heavy (non-hydrogen) atoms. The maximum Gasteiger partial charge on any atom is 0.275 e. The van der Waals surface area contributed by atoms with Gasteiger partial charge < -0.3 is 10.1 Å². The largest absolute Gasteiger partial charge is 0.496 e. The fourth-order valence-corrected chi connectivity index (χ4v) is 3.00. The Balaban J connectivity index is 1.94. The normalized spacial score (nSPS) is 15.7. The van der Waals surface area contributed by atoms with Gasteiger partial charge in [0.1, 0.15) is 17.3 Å². The summed E-state index contributed by atoms with van der Waals surface area (Å²) in [5.41, 5.74) is 4.65. The minimum atomic E-state index is -0.200. The van der Waals surface area contributed by atoms with Gasteiger partial charge in [-0.05, 0) is 41.2 Å². The van der Waals surface area contributed by atoms with E-state index in [1.807, 2.05) is 30.3 Å². The first-order valence-electron chi connectivity index (χ1n) is 9.21. The smallest absolute Gasteiger partial charge is 0.275 e. The number of carbonyl (C=O) groups is 1. The van der Waals surface area contributed by atoms with E-state index in [9.17, 15) is 4.79 Å². The van der Waals surface area contributed by atoms with Crippen LogP contribution in [0.3, 0.4) is 0 Å². The van der Waals surface area contributed by atoms with E-state index in [1.54, 1.807) is 13.2 Å². The summed E-state index contributed by atoms with van der Waals surface area (Å²) in [5.74, 6) is 1.11. The molecule has 4 nitrogen and oxygen atoms in total. The summed E-state index contributed by atoms with van der Waals surface area (Å²) in [5, 5.41) is 2.87. The van der Waals surface area contributed by atoms with E-state index in [4.69, 9.17) is 4.74 Å². The molecule has 1 heterocycles. The van der Waals surface area contributed by atoms with Gasteiger partial charge >= 0.3 is 0 Å². The van der Waals surface area contributed by atoms with Crippen LogP contribution in [0.15, 0.2) is 53.2 Å². The predicted octanol–water partition coefficient (Wildman–Crippen LogP) is 4.47. The number of amidine groups is 1. The van der Waals surface area contributed by atoms with Crippen LogP contribution in [0.5, 0.6) is 5.75 Å². The highest BCUT2D eigenvalue weighted by Crippen LogP contribution is 2.26. The summed E-state index contributed by atoms with van der Waals surface area (Å²) in [4.78, 5) is 16.9. The van der Waals surface area contributed by atoms with Gasteiger partial charge in [-0.1, -0.05) is 58.0 Å². The molecule has 0 aromatic heterocycles. The van der Waals surface area contributed by atoms with Crippen molar-refractivity contribution in [2.45, 2.75) is 39.5 Å². The second kappa shape index (κ2) is 7.39. The number of rotatable bonds is 4. The molecule has 1 aliphatic rings. The lowest BCUT2D eigenvalue weighted by molar-refractivity contribution is -0.115. The van der Waals surface area contributed by atoms with Gasteiger partial charge in [-0.2, -0.15) is 0 Å². The highest BCUT2D eigenvalue weighted by molar-refractivity contribution is 6.19. The molecule has 1 aliphatic heterocycles. The quantitative estimate of drug-likeness (QED) is 0.816. The van der Waals surface area contributed by atoms with E-state index in [0.717, 1.165) is 23.3 Å². The average Bonchev–Trinajstić information content (AvgIpc) is 3.01. The van der Waals surface area contributed by atoms with Crippen molar-refractivity contribution in [1.82, 2.24) is 5.32 Å². The highest BCUT2D eigenvalue weighted by atomic mass is 16.5. The Kier molecular flexibility index (Phi) is 5.17. The summed E-state index contributed by atoms with van der Waals surface area (Å²) in [6.07, 6.45) is 2.70. The summed E-state index contributed by atoms with van der Waals surface area (Å²) in [6, 6.07) is 14.2. The molecule has 1 amide bonds. The van der Waals surface area contributed by atoms with Crippen molar-refractivity contribution >= 4 is 17.8 Å². The van der Waals surface area contributed by atoms with Crippen LogP contribution in [0.2, 0.25) is 0 Å². The summed E-state index contributed by atoms with van der Waals surface area (Å²) in [7, 11) is 1.63. The van der Waals surface area contributed by atoms with Crippen LogP contribution in [0, 0.1) is 0 Å². The lowest BCUT2D eigenvalue weighted by Gasteiger charge is -2.19. The van der Waals surface area contributed by atoms with Gasteiger partial charge in [0.2, 0.25) is 0 Å². The molecule has 0 saturated carbocycles. The average molecular weight is 362 g/mol. The second-order valence-electron chi connectivity index (χ2n) is 7.70. The third kappa shape index (κ3) is 4.11. The molecule has 0 radical (unpaired) electrons. The van der Waals surface area contributed by atoms with Gasteiger partial charge in [-0.25, -0.2) is 4.99 Å². The van der Waals surface area contributed by atoms with Crippen LogP contribution < -0.4 is 10.1 Å². The molecule has 0 unspecified atom stereocenters. The van der Waals surface area contributed by atoms with Crippen LogP contribution in [0.1, 0.15) is 49.9 Å². The van der Waals surface area contributed by atoms with Crippen molar-refractivity contribution in [3.63, 3.8) is 0 Å². The van der Waals surface area contributed by atoms with Crippen LogP contribution in [-0.2, 0) is 16.6 Å². The van der Waals surface area contributed by atoms with Gasteiger partial charge in [0, 0.05) is 11.1 Å². The van der Waals surface area contributed by atoms with Gasteiger partial charge in [0.05, 0.1) is 7.11 Å². The Bertz CT molecular complexity index is 916. The number of nitrogens with zero attached hydrogens (tertiary/aromatic N) is 1. The number of nitrogens with one attached hydrogen (secondary N) is 1. The summed E-state index contributed by atoms with van der Waals surface area (Å²) >= 11 is 0. The lowest BCUT2D eigenvalue weighted by atomic mass is 9.86. The Hall–Kier alpha value is -2.88. The number of ether oxygens (including phenoxy) is 1. The molecule has 3 rings (SSSR count). The second-order valence-corrected chi connectivity index (χ2v) is 7.70. The van der Waals surface area contributed by atoms with Gasteiger partial charge in [-0.3, -0.25) is 4.79 Å². The molecule has 0 spiro atoms. The Morgan fingerprint density at radius 3 is 2.41 bits per heavy atom. The number of methoxy groups -OCH3 is 1. The molecule has 0 bridgehead atoms. The predicted molar refractivity (Wildman–Crippen MR) is 110 cm³/mol. The first-order valence-corrected chi connectivity index (χ1v) is 9.21. The van der Waals surface area contributed by atoms with Crippen molar-refractivity contribution in [3.8, 4) is 5.75 Å². The maximum atomic E-state index is 12.4. The van der Waals surface area contributed by atoms with Crippen LogP contribution >= 0.6 is 0 Å². The summed E-state index contributed by atoms with van der Waals surface area (Å²) < 4.78 is 5.42. The topological polar surface area (TPSA) is 50.7 Å². The zero-order valence-electron chi connectivity index (χ0n) is 16.6. The molecule has 0 saturated heterocycles. The molecular weight excluding hydrogens is 336 g/mol. The third-order valence-corrected chi connectivity index (χ3v) is 4.72. The number of benzene rings is 2. The molecule has 1 N–H and O–H groups in total. The van der Waals surface area contributed by atoms with Gasteiger partial charge in [-0.15, -0.1) is 0 Å². The molecule has 140 valence electrons. The molecule has 0 fully saturated rings. The van der Waals surface area contributed by atoms with Crippen molar-refractivity contribution in [2.75, 3.05) is 7.11 Å².